The van der Waals surface area contributed by atoms with Crippen LogP contribution in [0, 0.1) is 11.6 Å². The minimum Gasteiger partial charge on any atom is -0.455 e. The minimum absolute atomic E-state index is 0.0902. The van der Waals surface area contributed by atoms with Crippen LogP contribution in [0.2, 0.25) is 0 Å². The van der Waals surface area contributed by atoms with Crippen LogP contribution in [-0.2, 0) is 4.74 Å². The maximum absolute atomic E-state index is 14.0. The maximum Gasteiger partial charge on any atom is 0.415 e. The molecule has 0 unspecified atom stereocenters. The second kappa shape index (κ2) is 8.48. The molecule has 36 heavy (non-hydrogen) atoms. The molecule has 6 nitrogen and oxygen atoms in total. The molecule has 0 spiro atoms. The first-order valence-corrected chi connectivity index (χ1v) is 11.7. The molecule has 0 radical (unpaired) electrons. The van der Waals surface area contributed by atoms with Crippen LogP contribution in [0.1, 0.15) is 46.3 Å². The lowest BCUT2D eigenvalue weighted by Gasteiger charge is -2.24. The summed E-state index contributed by atoms with van der Waals surface area (Å²) in [6.45, 7) is 0.0902. The minimum atomic E-state index is -0.526. The molecule has 182 valence electrons. The number of carbonyl (C=O) groups excluding carboxylic acids is 2. The summed E-state index contributed by atoms with van der Waals surface area (Å²) in [5, 5.41) is 3.27. The van der Waals surface area contributed by atoms with Crippen LogP contribution in [0.25, 0.3) is 22.3 Å². The molecule has 1 saturated carbocycles. The highest BCUT2D eigenvalue weighted by atomic mass is 19.1. The summed E-state index contributed by atoms with van der Waals surface area (Å²) in [7, 11) is 1.54. The van der Waals surface area contributed by atoms with Crippen molar-refractivity contribution < 1.29 is 27.5 Å². The molecule has 1 N–H and O–H groups in total. The molecule has 1 atom stereocenters. The van der Waals surface area contributed by atoms with Crippen LogP contribution in [0.3, 0.4) is 0 Å². The summed E-state index contributed by atoms with van der Waals surface area (Å²) in [6.07, 6.45) is 1.37. The Hall–Kier alpha value is -4.20. The Balaban J connectivity index is 1.55. The average Bonchev–Trinajstić information content (AvgIpc) is 3.55. The van der Waals surface area contributed by atoms with E-state index in [9.17, 15) is 18.4 Å². The Labute approximate surface area is 205 Å². The van der Waals surface area contributed by atoms with Gasteiger partial charge in [-0.3, -0.25) is 9.69 Å². The van der Waals surface area contributed by atoms with Crippen molar-refractivity contribution in [2.75, 3.05) is 18.6 Å². The summed E-state index contributed by atoms with van der Waals surface area (Å²) in [5.74, 6) is -0.595. The Morgan fingerprint density at radius 1 is 1.03 bits per heavy atom. The zero-order valence-electron chi connectivity index (χ0n) is 19.4. The fourth-order valence-corrected chi connectivity index (χ4v) is 4.88. The number of ether oxygens (including phenoxy) is 1. The molecule has 2 fully saturated rings. The number of anilines is 1. The Kier molecular flexibility index (Phi) is 5.25. The van der Waals surface area contributed by atoms with Crippen molar-refractivity contribution in [3.8, 4) is 11.3 Å². The number of fused-ring (bicyclic) bond motifs is 1. The number of rotatable bonds is 5. The van der Waals surface area contributed by atoms with Gasteiger partial charge in [-0.25, -0.2) is 13.6 Å². The molecule has 8 heteroatoms. The molecule has 2 heterocycles. The number of amides is 2. The predicted molar refractivity (Wildman–Crippen MR) is 130 cm³/mol. The van der Waals surface area contributed by atoms with Gasteiger partial charge in [-0.05, 0) is 72.4 Å². The number of furan rings is 1. The molecule has 1 aliphatic heterocycles. The maximum atomic E-state index is 14.0. The Bertz CT molecular complexity index is 1510. The molecule has 1 aliphatic carbocycles. The first-order valence-electron chi connectivity index (χ1n) is 11.7. The van der Waals surface area contributed by atoms with E-state index in [0.29, 0.717) is 39.1 Å². The first kappa shape index (κ1) is 22.3. The van der Waals surface area contributed by atoms with Gasteiger partial charge in [-0.2, -0.15) is 0 Å². The van der Waals surface area contributed by atoms with E-state index in [1.165, 1.54) is 31.3 Å². The van der Waals surface area contributed by atoms with Gasteiger partial charge in [0.25, 0.3) is 5.91 Å². The number of carbonyl (C=O) groups is 2. The number of hydrogen-bond donors (Lipinski definition) is 1. The monoisotopic (exact) mass is 488 g/mol. The highest BCUT2D eigenvalue weighted by Crippen LogP contribution is 2.49. The smallest absolute Gasteiger partial charge is 0.415 e. The highest BCUT2D eigenvalue weighted by Gasteiger charge is 2.40. The van der Waals surface area contributed by atoms with E-state index in [4.69, 9.17) is 9.15 Å². The van der Waals surface area contributed by atoms with E-state index >= 15 is 0 Å². The number of nitrogens with zero attached hydrogens (tertiary/aromatic N) is 1. The van der Waals surface area contributed by atoms with Crippen molar-refractivity contribution in [1.29, 1.82) is 0 Å². The van der Waals surface area contributed by atoms with Gasteiger partial charge >= 0.3 is 6.09 Å². The molecule has 1 saturated heterocycles. The van der Waals surface area contributed by atoms with Crippen LogP contribution in [0.5, 0.6) is 0 Å². The van der Waals surface area contributed by atoms with Gasteiger partial charge < -0.3 is 14.5 Å². The fraction of sp³-hybridized carbons (Fsp3) is 0.214. The summed E-state index contributed by atoms with van der Waals surface area (Å²) >= 11 is 0. The average molecular weight is 488 g/mol. The van der Waals surface area contributed by atoms with Crippen LogP contribution >= 0.6 is 0 Å². The van der Waals surface area contributed by atoms with E-state index in [1.807, 2.05) is 6.07 Å². The van der Waals surface area contributed by atoms with Gasteiger partial charge in [0.2, 0.25) is 0 Å². The van der Waals surface area contributed by atoms with Crippen LogP contribution in [-0.4, -0.2) is 25.7 Å². The van der Waals surface area contributed by atoms with E-state index < -0.39 is 23.8 Å². The molecule has 6 rings (SSSR count). The summed E-state index contributed by atoms with van der Waals surface area (Å²) in [5.41, 5.74) is 3.45. The largest absolute Gasteiger partial charge is 0.455 e. The number of cyclic esters (lactones) is 1. The topological polar surface area (TPSA) is 71.8 Å². The third-order valence-electron chi connectivity index (χ3n) is 6.78. The quantitative estimate of drug-likeness (QED) is 0.357. The third kappa shape index (κ3) is 3.69. The lowest BCUT2D eigenvalue weighted by Crippen LogP contribution is -2.28. The lowest BCUT2D eigenvalue weighted by atomic mass is 9.98. The summed E-state index contributed by atoms with van der Waals surface area (Å²) < 4.78 is 39.1. The molecular weight excluding hydrogens is 466 g/mol. The van der Waals surface area contributed by atoms with Crippen LogP contribution in [0.4, 0.5) is 19.3 Å². The van der Waals surface area contributed by atoms with Gasteiger partial charge in [0, 0.05) is 24.1 Å². The number of hydrogen-bond acceptors (Lipinski definition) is 4. The zero-order valence-corrected chi connectivity index (χ0v) is 19.4. The van der Waals surface area contributed by atoms with Crippen molar-refractivity contribution in [2.45, 2.75) is 24.8 Å². The Morgan fingerprint density at radius 2 is 1.81 bits per heavy atom. The number of nitrogens with one attached hydrogen (secondary N) is 1. The van der Waals surface area contributed by atoms with E-state index in [2.05, 4.69) is 5.32 Å². The zero-order chi connectivity index (χ0) is 25.0. The first-order chi connectivity index (χ1) is 17.4. The van der Waals surface area contributed by atoms with Crippen LogP contribution in [0.15, 0.2) is 65.1 Å². The van der Waals surface area contributed by atoms with Crippen molar-refractivity contribution in [1.82, 2.24) is 5.32 Å². The van der Waals surface area contributed by atoms with Gasteiger partial charge in [0.1, 0.15) is 29.6 Å². The SMILES string of the molecule is CNC(=O)c1c(-c2ccc(F)cc2)oc2cc(N3C(=O)OC[C@@H]3c3cccc(F)c3)c(C3CC3)cc12. The van der Waals surface area contributed by atoms with Crippen molar-refractivity contribution in [3.63, 3.8) is 0 Å². The summed E-state index contributed by atoms with van der Waals surface area (Å²) in [4.78, 5) is 27.4. The Morgan fingerprint density at radius 3 is 2.50 bits per heavy atom. The number of benzene rings is 3. The van der Waals surface area contributed by atoms with E-state index in [1.54, 1.807) is 35.2 Å². The van der Waals surface area contributed by atoms with Crippen LogP contribution < -0.4 is 10.2 Å². The normalized spacial score (nSPS) is 17.5. The van der Waals surface area contributed by atoms with Crippen molar-refractivity contribution >= 4 is 28.7 Å². The fourth-order valence-electron chi connectivity index (χ4n) is 4.88. The third-order valence-corrected chi connectivity index (χ3v) is 6.78. The van der Waals surface area contributed by atoms with Gasteiger partial charge in [-0.1, -0.05) is 12.1 Å². The van der Waals surface area contributed by atoms with Gasteiger partial charge in [-0.15, -0.1) is 0 Å². The molecule has 2 aliphatic rings. The van der Waals surface area contributed by atoms with Gasteiger partial charge in [0.15, 0.2) is 0 Å². The molecule has 1 aromatic heterocycles. The molecular formula is C28H22F2N2O4. The lowest BCUT2D eigenvalue weighted by molar-refractivity contribution is 0.0964. The molecule has 2 amide bonds. The summed E-state index contributed by atoms with van der Waals surface area (Å²) in [6, 6.07) is 15.0. The second-order valence-corrected chi connectivity index (χ2v) is 9.09. The molecule has 3 aromatic carbocycles. The number of halogens is 2. The molecule has 0 bridgehead atoms. The molecule has 4 aromatic rings. The second-order valence-electron chi connectivity index (χ2n) is 9.09. The van der Waals surface area contributed by atoms with Crippen molar-refractivity contribution in [3.05, 3.63) is 89.0 Å². The van der Waals surface area contributed by atoms with E-state index in [-0.39, 0.29) is 18.4 Å². The van der Waals surface area contributed by atoms with Crippen molar-refractivity contribution in [2.24, 2.45) is 0 Å². The standard InChI is InChI=1S/C28H22F2N2O4/c1-31-27(33)25-21-12-20(15-5-6-15)22(13-24(21)36-26(25)16-7-9-18(29)10-8-16)32-23(14-35-28(32)34)17-3-2-4-19(30)11-17/h2-4,7-13,15,23H,5-6,14H2,1H3,(H,31,33)/t23-/m1/s1. The highest BCUT2D eigenvalue weighted by molar-refractivity contribution is 6.12. The van der Waals surface area contributed by atoms with E-state index in [0.717, 1.165) is 18.4 Å². The van der Waals surface area contributed by atoms with Gasteiger partial charge in [0.05, 0.1) is 17.3 Å². The predicted octanol–water partition coefficient (Wildman–Crippen LogP) is 6.31.